The van der Waals surface area contributed by atoms with E-state index in [1.54, 1.807) is 19.1 Å². The number of carbonyl (C=O) groups is 1. The fourth-order valence-corrected chi connectivity index (χ4v) is 2.98. The minimum Gasteiger partial charge on any atom is -0.462 e. The van der Waals surface area contributed by atoms with E-state index < -0.39 is 0 Å². The highest BCUT2D eigenvalue weighted by Gasteiger charge is 2.32. The van der Waals surface area contributed by atoms with Crippen molar-refractivity contribution in [1.82, 2.24) is 0 Å². The Balaban J connectivity index is 2.12. The third-order valence-corrected chi connectivity index (χ3v) is 4.40. The van der Waals surface area contributed by atoms with Gasteiger partial charge in [0, 0.05) is 6.04 Å². The first-order valence-corrected chi connectivity index (χ1v) is 7.77. The predicted octanol–water partition coefficient (Wildman–Crippen LogP) is 3.83. The molecule has 2 rings (SSSR count). The Hall–Kier alpha value is -1.71. The van der Waals surface area contributed by atoms with Crippen LogP contribution in [0.4, 0.5) is 11.4 Å². The Morgan fingerprint density at radius 2 is 2.19 bits per heavy atom. The first-order valence-electron chi connectivity index (χ1n) is 7.77. The number of esters is 1. The zero-order valence-corrected chi connectivity index (χ0v) is 13.2. The van der Waals surface area contributed by atoms with Crippen LogP contribution in [0, 0.1) is 5.41 Å². The molecule has 1 fully saturated rings. The van der Waals surface area contributed by atoms with Crippen LogP contribution >= 0.6 is 0 Å². The molecule has 3 N–H and O–H groups in total. The fraction of sp³-hybridized carbons (Fsp3) is 0.588. The monoisotopic (exact) mass is 290 g/mol. The lowest BCUT2D eigenvalue weighted by molar-refractivity contribution is 0.0526. The molecule has 1 saturated carbocycles. The molecule has 0 amide bonds. The molecule has 0 bridgehead atoms. The van der Waals surface area contributed by atoms with E-state index in [1.807, 2.05) is 6.07 Å². The highest BCUT2D eigenvalue weighted by Crippen LogP contribution is 2.38. The smallest absolute Gasteiger partial charge is 0.338 e. The highest BCUT2D eigenvalue weighted by molar-refractivity contribution is 5.92. The van der Waals surface area contributed by atoms with Crippen LogP contribution in [0.25, 0.3) is 0 Å². The molecule has 1 aliphatic carbocycles. The number of ether oxygens (including phenoxy) is 1. The van der Waals surface area contributed by atoms with Gasteiger partial charge in [-0.15, -0.1) is 0 Å². The molecule has 0 saturated heterocycles. The molecule has 0 spiro atoms. The lowest BCUT2D eigenvalue weighted by Crippen LogP contribution is -2.39. The molecule has 1 unspecified atom stereocenters. The number of anilines is 2. The van der Waals surface area contributed by atoms with Crippen molar-refractivity contribution in [2.45, 2.75) is 52.5 Å². The number of rotatable bonds is 4. The van der Waals surface area contributed by atoms with Crippen molar-refractivity contribution < 1.29 is 9.53 Å². The van der Waals surface area contributed by atoms with Crippen LogP contribution < -0.4 is 11.1 Å². The van der Waals surface area contributed by atoms with Gasteiger partial charge in [0.25, 0.3) is 0 Å². The van der Waals surface area contributed by atoms with Crippen molar-refractivity contribution in [2.24, 2.45) is 5.41 Å². The van der Waals surface area contributed by atoms with Gasteiger partial charge in [-0.3, -0.25) is 0 Å². The molecule has 1 aliphatic rings. The number of nitrogens with one attached hydrogen (secondary N) is 1. The zero-order chi connectivity index (χ0) is 15.5. The Kier molecular flexibility index (Phi) is 4.76. The zero-order valence-electron chi connectivity index (χ0n) is 13.2. The molecule has 0 heterocycles. The number of benzene rings is 1. The minimum atomic E-state index is -0.325. The summed E-state index contributed by atoms with van der Waals surface area (Å²) in [7, 11) is 0. The van der Waals surface area contributed by atoms with Crippen LogP contribution in [-0.2, 0) is 4.74 Å². The second-order valence-corrected chi connectivity index (χ2v) is 6.45. The molecule has 116 valence electrons. The lowest BCUT2D eigenvalue weighted by atomic mass is 9.73. The van der Waals surface area contributed by atoms with Gasteiger partial charge >= 0.3 is 5.97 Å². The summed E-state index contributed by atoms with van der Waals surface area (Å²) in [5.41, 5.74) is 8.37. The summed E-state index contributed by atoms with van der Waals surface area (Å²) < 4.78 is 4.99. The van der Waals surface area contributed by atoms with Crippen LogP contribution in [0.3, 0.4) is 0 Å². The SMILES string of the molecule is CCOC(=O)c1ccc(NC2CCCCC2(C)C)c(N)c1. The molecule has 0 aromatic heterocycles. The fourth-order valence-electron chi connectivity index (χ4n) is 2.98. The standard InChI is InChI=1S/C17H26N2O2/c1-4-21-16(20)12-8-9-14(13(18)11-12)19-15-7-5-6-10-17(15,2)3/h8-9,11,15,19H,4-7,10,18H2,1-3H3. The molecule has 1 atom stereocenters. The quantitative estimate of drug-likeness (QED) is 0.653. The van der Waals surface area contributed by atoms with Gasteiger partial charge in [0.2, 0.25) is 0 Å². The average molecular weight is 290 g/mol. The first kappa shape index (κ1) is 15.7. The Bertz CT molecular complexity index is 512. The van der Waals surface area contributed by atoms with Gasteiger partial charge in [-0.25, -0.2) is 4.79 Å². The molecule has 0 radical (unpaired) electrons. The Morgan fingerprint density at radius 1 is 1.43 bits per heavy atom. The minimum absolute atomic E-state index is 0.268. The van der Waals surface area contributed by atoms with E-state index in [-0.39, 0.29) is 11.4 Å². The average Bonchev–Trinajstić information content (AvgIpc) is 2.43. The molecule has 1 aromatic rings. The largest absolute Gasteiger partial charge is 0.462 e. The Labute approximate surface area is 127 Å². The number of nitrogens with two attached hydrogens (primary N) is 1. The summed E-state index contributed by atoms with van der Waals surface area (Å²) in [5.74, 6) is -0.325. The summed E-state index contributed by atoms with van der Waals surface area (Å²) in [6.07, 6.45) is 4.93. The van der Waals surface area contributed by atoms with Gasteiger partial charge in [-0.05, 0) is 43.4 Å². The molecule has 4 heteroatoms. The molecule has 0 aliphatic heterocycles. The van der Waals surface area contributed by atoms with Crippen LogP contribution in [-0.4, -0.2) is 18.6 Å². The van der Waals surface area contributed by atoms with Crippen LogP contribution in [0.15, 0.2) is 18.2 Å². The van der Waals surface area contributed by atoms with Crippen LogP contribution in [0.5, 0.6) is 0 Å². The summed E-state index contributed by atoms with van der Waals surface area (Å²) in [6.45, 7) is 6.76. The molecule has 21 heavy (non-hydrogen) atoms. The topological polar surface area (TPSA) is 64.3 Å². The summed E-state index contributed by atoms with van der Waals surface area (Å²) in [4.78, 5) is 11.7. The third-order valence-electron chi connectivity index (χ3n) is 4.40. The van der Waals surface area contributed by atoms with Crippen LogP contribution in [0.2, 0.25) is 0 Å². The first-order chi connectivity index (χ1) is 9.94. The number of hydrogen-bond acceptors (Lipinski definition) is 4. The van der Waals surface area contributed by atoms with Gasteiger partial charge < -0.3 is 15.8 Å². The van der Waals surface area contributed by atoms with Crippen molar-refractivity contribution in [2.75, 3.05) is 17.7 Å². The highest BCUT2D eigenvalue weighted by atomic mass is 16.5. The summed E-state index contributed by atoms with van der Waals surface area (Å²) >= 11 is 0. The van der Waals surface area contributed by atoms with Crippen molar-refractivity contribution in [3.63, 3.8) is 0 Å². The maximum Gasteiger partial charge on any atom is 0.338 e. The Morgan fingerprint density at radius 3 is 2.81 bits per heavy atom. The molecular formula is C17H26N2O2. The lowest BCUT2D eigenvalue weighted by Gasteiger charge is -2.39. The van der Waals surface area contributed by atoms with E-state index in [0.717, 1.165) is 12.1 Å². The van der Waals surface area contributed by atoms with Crippen molar-refractivity contribution in [3.05, 3.63) is 23.8 Å². The maximum absolute atomic E-state index is 11.7. The van der Waals surface area contributed by atoms with Gasteiger partial charge in [-0.1, -0.05) is 26.7 Å². The normalized spacial score (nSPS) is 20.8. The van der Waals surface area contributed by atoms with Crippen molar-refractivity contribution in [3.8, 4) is 0 Å². The molecular weight excluding hydrogens is 264 g/mol. The van der Waals surface area contributed by atoms with Crippen molar-refractivity contribution in [1.29, 1.82) is 0 Å². The predicted molar refractivity (Wildman–Crippen MR) is 86.5 cm³/mol. The molecule has 1 aromatic carbocycles. The van der Waals surface area contributed by atoms with Crippen molar-refractivity contribution >= 4 is 17.3 Å². The second-order valence-electron chi connectivity index (χ2n) is 6.45. The van der Waals surface area contributed by atoms with E-state index in [0.29, 0.717) is 23.9 Å². The number of hydrogen-bond donors (Lipinski definition) is 2. The van der Waals surface area contributed by atoms with Gasteiger partial charge in [0.05, 0.1) is 23.5 Å². The summed E-state index contributed by atoms with van der Waals surface area (Å²) in [6, 6.07) is 5.76. The van der Waals surface area contributed by atoms with E-state index in [2.05, 4.69) is 19.2 Å². The van der Waals surface area contributed by atoms with E-state index in [9.17, 15) is 4.79 Å². The number of carbonyl (C=O) groups excluding carboxylic acids is 1. The van der Waals surface area contributed by atoms with Gasteiger partial charge in [0.15, 0.2) is 0 Å². The van der Waals surface area contributed by atoms with Crippen LogP contribution in [0.1, 0.15) is 56.8 Å². The van der Waals surface area contributed by atoms with E-state index >= 15 is 0 Å². The third kappa shape index (κ3) is 3.69. The number of nitrogen functional groups attached to an aromatic ring is 1. The maximum atomic E-state index is 11.7. The summed E-state index contributed by atoms with van der Waals surface area (Å²) in [5, 5.41) is 3.56. The van der Waals surface area contributed by atoms with E-state index in [4.69, 9.17) is 10.5 Å². The molecule has 4 nitrogen and oxygen atoms in total. The van der Waals surface area contributed by atoms with Gasteiger partial charge in [0.1, 0.15) is 0 Å². The second kappa shape index (κ2) is 6.37. The van der Waals surface area contributed by atoms with E-state index in [1.165, 1.54) is 19.3 Å². The van der Waals surface area contributed by atoms with Gasteiger partial charge in [-0.2, -0.15) is 0 Å².